The van der Waals surface area contributed by atoms with E-state index in [9.17, 15) is 18.7 Å². The van der Waals surface area contributed by atoms with E-state index in [1.165, 1.54) is 0 Å². The van der Waals surface area contributed by atoms with Crippen molar-refractivity contribution in [2.45, 2.75) is 49.7 Å². The lowest BCUT2D eigenvalue weighted by Gasteiger charge is -2.37. The number of hydrogen-bond donors (Lipinski definition) is 2. The van der Waals surface area contributed by atoms with Crippen LogP contribution in [0, 0.1) is 5.92 Å². The summed E-state index contributed by atoms with van der Waals surface area (Å²) in [6, 6.07) is 6.85. The van der Waals surface area contributed by atoms with Crippen molar-refractivity contribution in [1.29, 1.82) is 0 Å². The average Bonchev–Trinajstić information content (AvgIpc) is 2.94. The van der Waals surface area contributed by atoms with Gasteiger partial charge in [-0.15, -0.1) is 0 Å². The first-order valence-electron chi connectivity index (χ1n) is 8.59. The molecule has 138 valence electrons. The van der Waals surface area contributed by atoms with Crippen LogP contribution in [0.15, 0.2) is 28.7 Å². The van der Waals surface area contributed by atoms with Gasteiger partial charge < -0.3 is 15.2 Å². The molecule has 4 nitrogen and oxygen atoms in total. The monoisotopic (exact) mass is 417 g/mol. The highest BCUT2D eigenvalue weighted by Crippen LogP contribution is 2.40. The molecule has 2 aliphatic rings. The Hall–Kier alpha value is -1.05. The van der Waals surface area contributed by atoms with Crippen LogP contribution in [0.25, 0.3) is 0 Å². The molecule has 2 N–H and O–H groups in total. The Morgan fingerprint density at radius 2 is 1.88 bits per heavy atom. The predicted molar refractivity (Wildman–Crippen MR) is 92.3 cm³/mol. The molecule has 7 heteroatoms. The molecule has 0 bridgehead atoms. The van der Waals surface area contributed by atoms with Crippen LogP contribution in [0.2, 0.25) is 0 Å². The van der Waals surface area contributed by atoms with Gasteiger partial charge in [-0.2, -0.15) is 0 Å². The Morgan fingerprint density at radius 1 is 1.24 bits per heavy atom. The van der Waals surface area contributed by atoms with Crippen LogP contribution >= 0.6 is 15.9 Å². The van der Waals surface area contributed by atoms with Crippen molar-refractivity contribution >= 4 is 21.9 Å². The molecule has 0 unspecified atom stereocenters. The highest BCUT2D eigenvalue weighted by atomic mass is 79.9. The summed E-state index contributed by atoms with van der Waals surface area (Å²) in [5, 5.41) is 14.6. The summed E-state index contributed by atoms with van der Waals surface area (Å²) in [5.41, 5.74) is -1.38. The molecule has 1 saturated heterocycles. The number of carbonyl (C=O) groups excluding carboxylic acids is 1. The van der Waals surface area contributed by atoms with E-state index in [0.717, 1.165) is 4.47 Å². The number of ether oxygens (including phenoxy) is 1. The number of carbonyl (C=O) groups is 1. The zero-order chi connectivity index (χ0) is 18.1. The van der Waals surface area contributed by atoms with Crippen LogP contribution in [-0.4, -0.2) is 36.2 Å². The fraction of sp³-hybridized carbons (Fsp3) is 0.611. The maximum atomic E-state index is 13.4. The van der Waals surface area contributed by atoms with Gasteiger partial charge in [0.05, 0.1) is 0 Å². The number of alkyl halides is 2. The number of rotatable bonds is 4. The quantitative estimate of drug-likeness (QED) is 0.737. The average molecular weight is 418 g/mol. The summed E-state index contributed by atoms with van der Waals surface area (Å²) in [5.74, 6) is -3.93. The van der Waals surface area contributed by atoms with Gasteiger partial charge in [0, 0.05) is 23.2 Å². The Bertz CT molecular complexity index is 619. The molecular formula is C18H22BrF2NO3. The lowest BCUT2D eigenvalue weighted by molar-refractivity contribution is -0.181. The molecule has 2 fully saturated rings. The maximum Gasteiger partial charge on any atom is 0.343 e. The van der Waals surface area contributed by atoms with Gasteiger partial charge in [0.1, 0.15) is 6.10 Å². The molecule has 0 aromatic heterocycles. The minimum atomic E-state index is -2.80. The number of nitrogens with one attached hydrogen (secondary N) is 1. The Kier molecular flexibility index (Phi) is 5.46. The van der Waals surface area contributed by atoms with Gasteiger partial charge in [0.25, 0.3) is 5.92 Å². The molecule has 1 aromatic carbocycles. The van der Waals surface area contributed by atoms with E-state index in [1.54, 1.807) is 24.3 Å². The largest absolute Gasteiger partial charge is 0.460 e. The zero-order valence-corrected chi connectivity index (χ0v) is 15.4. The standard InChI is InChI=1S/C18H22BrF2NO3/c19-14-3-1-12(2-4-14)18(24,13-6-9-22-10-7-13)16(23)25-15-5-8-17(20,21)11-15/h1-4,13,15,22,24H,5-11H2/t15-,18+/m1/s1. The molecule has 1 heterocycles. The SMILES string of the molecule is O=C(O[C@@H]1CCC(F)(F)C1)[C@](O)(c1ccc(Br)cc1)C1CCNCC1. The van der Waals surface area contributed by atoms with Crippen LogP contribution in [0.1, 0.15) is 37.7 Å². The Morgan fingerprint density at radius 3 is 2.44 bits per heavy atom. The topological polar surface area (TPSA) is 58.6 Å². The van der Waals surface area contributed by atoms with Crippen molar-refractivity contribution in [2.24, 2.45) is 5.92 Å². The number of benzene rings is 1. The third-order valence-corrected chi connectivity index (χ3v) is 5.69. The van der Waals surface area contributed by atoms with Crippen molar-refractivity contribution in [2.75, 3.05) is 13.1 Å². The molecule has 1 saturated carbocycles. The highest BCUT2D eigenvalue weighted by Gasteiger charge is 2.49. The smallest absolute Gasteiger partial charge is 0.343 e. The van der Waals surface area contributed by atoms with Crippen LogP contribution in [0.3, 0.4) is 0 Å². The maximum absolute atomic E-state index is 13.4. The first kappa shape index (κ1) is 18.7. The number of hydrogen-bond acceptors (Lipinski definition) is 4. The van der Waals surface area contributed by atoms with E-state index >= 15 is 0 Å². The summed E-state index contributed by atoms with van der Waals surface area (Å²) in [4.78, 5) is 12.9. The van der Waals surface area contributed by atoms with E-state index < -0.39 is 30.0 Å². The van der Waals surface area contributed by atoms with E-state index in [1.807, 2.05) is 0 Å². The lowest BCUT2D eigenvalue weighted by atomic mass is 9.76. The molecule has 25 heavy (non-hydrogen) atoms. The fourth-order valence-electron chi connectivity index (χ4n) is 3.72. The molecule has 0 spiro atoms. The summed E-state index contributed by atoms with van der Waals surface area (Å²) >= 11 is 3.34. The first-order chi connectivity index (χ1) is 11.8. The Balaban J connectivity index is 1.85. The summed E-state index contributed by atoms with van der Waals surface area (Å²) in [6.45, 7) is 1.39. The fourth-order valence-corrected chi connectivity index (χ4v) is 3.98. The minimum Gasteiger partial charge on any atom is -0.460 e. The molecule has 2 atom stereocenters. The number of piperidine rings is 1. The van der Waals surface area contributed by atoms with Gasteiger partial charge in [-0.05, 0) is 50.0 Å². The molecule has 0 amide bonds. The van der Waals surface area contributed by atoms with Crippen LogP contribution in [0.4, 0.5) is 8.78 Å². The number of aliphatic hydroxyl groups is 1. The third kappa shape index (κ3) is 4.04. The molecular weight excluding hydrogens is 396 g/mol. The van der Waals surface area contributed by atoms with Crippen LogP contribution < -0.4 is 5.32 Å². The van der Waals surface area contributed by atoms with Crippen molar-refractivity contribution in [3.8, 4) is 0 Å². The Labute approximate surface area is 154 Å². The van der Waals surface area contributed by atoms with E-state index in [0.29, 0.717) is 31.5 Å². The minimum absolute atomic E-state index is 0.126. The van der Waals surface area contributed by atoms with Crippen molar-refractivity contribution in [3.63, 3.8) is 0 Å². The van der Waals surface area contributed by atoms with Crippen molar-refractivity contribution < 1.29 is 23.4 Å². The number of esters is 1. The van der Waals surface area contributed by atoms with E-state index in [-0.39, 0.29) is 18.8 Å². The van der Waals surface area contributed by atoms with Gasteiger partial charge in [-0.1, -0.05) is 28.1 Å². The van der Waals surface area contributed by atoms with E-state index in [4.69, 9.17) is 4.74 Å². The molecule has 1 aromatic rings. The third-order valence-electron chi connectivity index (χ3n) is 5.16. The number of halogens is 3. The van der Waals surface area contributed by atoms with Crippen LogP contribution in [-0.2, 0) is 15.1 Å². The summed E-state index contributed by atoms with van der Waals surface area (Å²) in [7, 11) is 0. The van der Waals surface area contributed by atoms with Gasteiger partial charge in [0.15, 0.2) is 5.60 Å². The second-order valence-corrected chi connectivity index (χ2v) is 7.84. The van der Waals surface area contributed by atoms with Gasteiger partial charge >= 0.3 is 5.97 Å². The highest BCUT2D eigenvalue weighted by molar-refractivity contribution is 9.10. The zero-order valence-electron chi connectivity index (χ0n) is 13.8. The normalized spacial score (nSPS) is 26.2. The van der Waals surface area contributed by atoms with E-state index in [2.05, 4.69) is 21.2 Å². The molecule has 1 aliphatic carbocycles. The lowest BCUT2D eigenvalue weighted by Crippen LogP contribution is -2.49. The van der Waals surface area contributed by atoms with Gasteiger partial charge in [0.2, 0.25) is 0 Å². The van der Waals surface area contributed by atoms with Crippen molar-refractivity contribution in [1.82, 2.24) is 5.32 Å². The van der Waals surface area contributed by atoms with Crippen LogP contribution in [0.5, 0.6) is 0 Å². The molecule has 0 radical (unpaired) electrons. The van der Waals surface area contributed by atoms with Crippen molar-refractivity contribution in [3.05, 3.63) is 34.3 Å². The summed E-state index contributed by atoms with van der Waals surface area (Å²) in [6.07, 6.45) is -0.242. The van der Waals surface area contributed by atoms with Gasteiger partial charge in [-0.25, -0.2) is 13.6 Å². The predicted octanol–water partition coefficient (Wildman–Crippen LogP) is 3.37. The molecule has 1 aliphatic heterocycles. The van der Waals surface area contributed by atoms with Gasteiger partial charge in [-0.3, -0.25) is 0 Å². The summed E-state index contributed by atoms with van der Waals surface area (Å²) < 4.78 is 33.0. The second kappa shape index (κ2) is 7.29. The second-order valence-electron chi connectivity index (χ2n) is 6.92. The first-order valence-corrected chi connectivity index (χ1v) is 9.38. The molecule has 3 rings (SSSR count).